The van der Waals surface area contributed by atoms with Crippen LogP contribution in [0.3, 0.4) is 0 Å². The van der Waals surface area contributed by atoms with E-state index in [0.717, 1.165) is 77.5 Å². The number of hydrogen-bond acceptors (Lipinski definition) is 5. The van der Waals surface area contributed by atoms with Gasteiger partial charge in [-0.25, -0.2) is 22.8 Å². The molecule has 6 rings (SSSR count). The number of hydrogen-bond donors (Lipinski definition) is 1. The minimum atomic E-state index is -1.25. The van der Waals surface area contributed by atoms with E-state index in [4.69, 9.17) is 16.6 Å². The van der Waals surface area contributed by atoms with Crippen molar-refractivity contribution in [3.63, 3.8) is 0 Å². The lowest BCUT2D eigenvalue weighted by Gasteiger charge is -2.44. The van der Waals surface area contributed by atoms with E-state index >= 15 is 0 Å². The highest BCUT2D eigenvalue weighted by Crippen LogP contribution is 2.53. The summed E-state index contributed by atoms with van der Waals surface area (Å²) in [4.78, 5) is 11.7. The quantitative estimate of drug-likeness (QED) is 0.314. The second-order valence-corrected chi connectivity index (χ2v) is 14.4. The average Bonchev–Trinajstić information content (AvgIpc) is 3.49. The van der Waals surface area contributed by atoms with Crippen molar-refractivity contribution < 1.29 is 8.60 Å². The monoisotopic (exact) mass is 580 g/mol. The Balaban J connectivity index is 1.33. The molecule has 210 valence electrons. The lowest BCUT2D eigenvalue weighted by molar-refractivity contribution is 0.177. The van der Waals surface area contributed by atoms with E-state index in [2.05, 4.69) is 19.7 Å². The number of anilines is 1. The van der Waals surface area contributed by atoms with E-state index in [0.29, 0.717) is 5.02 Å². The van der Waals surface area contributed by atoms with Gasteiger partial charge in [0, 0.05) is 24.8 Å². The summed E-state index contributed by atoms with van der Waals surface area (Å²) in [6.07, 6.45) is 6.04. The number of aryl methyl sites for hydroxylation is 2. The largest absolute Gasteiger partial charge is 0.355 e. The van der Waals surface area contributed by atoms with Gasteiger partial charge in [0.2, 0.25) is 0 Å². The molecule has 1 aliphatic carbocycles. The number of piperidine rings is 1. The van der Waals surface area contributed by atoms with Crippen LogP contribution in [0, 0.1) is 25.1 Å². The number of aromatic nitrogens is 4. The summed E-state index contributed by atoms with van der Waals surface area (Å²) in [6, 6.07) is 8.83. The first-order valence-electron chi connectivity index (χ1n) is 13.7. The summed E-state index contributed by atoms with van der Waals surface area (Å²) in [6.45, 7) is 11.3. The Morgan fingerprint density at radius 1 is 1.10 bits per heavy atom. The molecule has 1 unspecified atom stereocenters. The first-order chi connectivity index (χ1) is 19.0. The second-order valence-electron chi connectivity index (χ2n) is 12.1. The molecule has 0 bridgehead atoms. The van der Waals surface area contributed by atoms with Crippen molar-refractivity contribution >= 4 is 33.9 Å². The minimum Gasteiger partial charge on any atom is -0.355 e. The summed E-state index contributed by atoms with van der Waals surface area (Å²) in [7, 11) is -1.25. The van der Waals surface area contributed by atoms with E-state index in [1.165, 1.54) is 6.07 Å². The van der Waals surface area contributed by atoms with Crippen LogP contribution in [0.2, 0.25) is 5.02 Å². The Kier molecular flexibility index (Phi) is 6.75. The van der Waals surface area contributed by atoms with Crippen LogP contribution in [-0.2, 0) is 17.4 Å². The number of pyridine rings is 1. The van der Waals surface area contributed by atoms with Gasteiger partial charge in [-0.2, -0.15) is 5.10 Å². The van der Waals surface area contributed by atoms with Crippen LogP contribution in [0.4, 0.5) is 10.2 Å². The molecule has 0 saturated carbocycles. The molecule has 1 aromatic carbocycles. The fourth-order valence-electron chi connectivity index (χ4n) is 6.27. The van der Waals surface area contributed by atoms with Gasteiger partial charge in [0.25, 0.3) is 0 Å². The Hall–Kier alpha value is -2.88. The summed E-state index contributed by atoms with van der Waals surface area (Å²) < 4.78 is 32.4. The fraction of sp³-hybridized carbons (Fsp3) is 0.433. The predicted octanol–water partition coefficient (Wildman–Crippen LogP) is 6.14. The third kappa shape index (κ3) is 4.52. The van der Waals surface area contributed by atoms with Crippen molar-refractivity contribution in [1.82, 2.24) is 24.3 Å². The smallest absolute Gasteiger partial charge is 0.155 e. The molecule has 4 heterocycles. The molecule has 10 heteroatoms. The molecular weight excluding hydrogens is 547 g/mol. The second kappa shape index (κ2) is 9.89. The van der Waals surface area contributed by atoms with E-state index in [1.54, 1.807) is 18.5 Å². The summed E-state index contributed by atoms with van der Waals surface area (Å²) in [5.41, 5.74) is 6.15. The van der Waals surface area contributed by atoms with Crippen molar-refractivity contribution in [1.29, 1.82) is 0 Å². The SMILES string of the molecule is Cc1nccc(-c2c(C)nc(N3CCC4(CC3)Cc3cc(F)ccc3[C@H]4NS(=O)C(C)(C)C)c3ccnn23)c1Cl. The molecule has 2 atom stereocenters. The molecule has 1 N–H and O–H groups in total. The molecular formula is C30H34ClFN6OS. The van der Waals surface area contributed by atoms with Crippen LogP contribution in [0.5, 0.6) is 0 Å². The van der Waals surface area contributed by atoms with Gasteiger partial charge in [-0.3, -0.25) is 4.98 Å². The van der Waals surface area contributed by atoms with Crippen LogP contribution in [0.15, 0.2) is 42.7 Å². The van der Waals surface area contributed by atoms with E-state index in [9.17, 15) is 8.60 Å². The molecule has 1 fully saturated rings. The molecule has 0 amide bonds. The van der Waals surface area contributed by atoms with Gasteiger partial charge >= 0.3 is 0 Å². The average molecular weight is 581 g/mol. The Labute approximate surface area is 241 Å². The molecule has 0 radical (unpaired) electrons. The van der Waals surface area contributed by atoms with Crippen LogP contribution in [0.1, 0.15) is 62.2 Å². The zero-order valence-electron chi connectivity index (χ0n) is 23.5. The molecule has 7 nitrogen and oxygen atoms in total. The Morgan fingerprint density at radius 2 is 1.85 bits per heavy atom. The van der Waals surface area contributed by atoms with Crippen molar-refractivity contribution in [3.05, 3.63) is 76.1 Å². The van der Waals surface area contributed by atoms with Gasteiger partial charge in [0.05, 0.1) is 50.1 Å². The number of benzene rings is 1. The Bertz CT molecular complexity index is 1640. The molecule has 2 aliphatic rings. The molecule has 40 heavy (non-hydrogen) atoms. The van der Waals surface area contributed by atoms with Gasteiger partial charge < -0.3 is 4.90 Å². The number of halogens is 2. The first-order valence-corrected chi connectivity index (χ1v) is 15.2. The van der Waals surface area contributed by atoms with Crippen LogP contribution in [-0.4, -0.2) is 41.6 Å². The zero-order valence-corrected chi connectivity index (χ0v) is 25.0. The molecule has 1 spiro atoms. The van der Waals surface area contributed by atoms with Gasteiger partial charge in [-0.15, -0.1) is 0 Å². The third-order valence-corrected chi connectivity index (χ3v) is 10.5. The number of nitrogens with zero attached hydrogens (tertiary/aromatic N) is 5. The van der Waals surface area contributed by atoms with E-state index in [-0.39, 0.29) is 17.3 Å². The third-order valence-electron chi connectivity index (χ3n) is 8.43. The lowest BCUT2D eigenvalue weighted by Crippen LogP contribution is -2.48. The zero-order chi connectivity index (χ0) is 28.4. The number of fused-ring (bicyclic) bond motifs is 2. The highest BCUT2D eigenvalue weighted by molar-refractivity contribution is 7.84. The first kappa shape index (κ1) is 27.3. The molecule has 1 saturated heterocycles. The highest BCUT2D eigenvalue weighted by atomic mass is 35.5. The van der Waals surface area contributed by atoms with Crippen molar-refractivity contribution in [2.24, 2.45) is 5.41 Å². The topological polar surface area (TPSA) is 75.4 Å². The van der Waals surface area contributed by atoms with Gasteiger partial charge in [0.15, 0.2) is 5.82 Å². The van der Waals surface area contributed by atoms with Gasteiger partial charge in [0.1, 0.15) is 11.3 Å². The van der Waals surface area contributed by atoms with Gasteiger partial charge in [-0.1, -0.05) is 17.7 Å². The summed E-state index contributed by atoms with van der Waals surface area (Å²) in [5.74, 6) is 0.663. The van der Waals surface area contributed by atoms with Crippen molar-refractivity contribution in [2.75, 3.05) is 18.0 Å². The maximum absolute atomic E-state index is 14.2. The standard InChI is InChI=1S/C30H34ClFN6OS/c1-18-25(31)23(8-12-33-18)26-19(2)35-28(24-9-13-34-38(24)26)37-14-10-30(11-15-37)17-20-16-21(32)6-7-22(20)27(30)36-40(39)29(3,4)5/h6-9,12-13,16,27,36H,10-11,14-15,17H2,1-5H3/t27-,40?/m1/s1. The van der Waals surface area contributed by atoms with Crippen molar-refractivity contribution in [2.45, 2.75) is 64.7 Å². The maximum Gasteiger partial charge on any atom is 0.155 e. The molecule has 3 aromatic heterocycles. The number of rotatable bonds is 4. The fourth-order valence-corrected chi connectivity index (χ4v) is 7.41. The minimum absolute atomic E-state index is 0.102. The normalized spacial score (nSPS) is 19.4. The Morgan fingerprint density at radius 3 is 2.58 bits per heavy atom. The van der Waals surface area contributed by atoms with E-state index < -0.39 is 15.7 Å². The van der Waals surface area contributed by atoms with Crippen molar-refractivity contribution in [3.8, 4) is 11.3 Å². The van der Waals surface area contributed by atoms with Crippen LogP contribution in [0.25, 0.3) is 16.8 Å². The summed E-state index contributed by atoms with van der Waals surface area (Å²) in [5, 5.41) is 5.25. The maximum atomic E-state index is 14.2. The highest BCUT2D eigenvalue weighted by Gasteiger charge is 2.49. The van der Waals surface area contributed by atoms with Crippen LogP contribution < -0.4 is 9.62 Å². The summed E-state index contributed by atoms with van der Waals surface area (Å²) >= 11 is 6.66. The molecule has 1 aliphatic heterocycles. The predicted molar refractivity (Wildman–Crippen MR) is 158 cm³/mol. The van der Waals surface area contributed by atoms with E-state index in [1.807, 2.05) is 57.3 Å². The van der Waals surface area contributed by atoms with Gasteiger partial charge in [-0.05, 0) is 94.7 Å². The lowest BCUT2D eigenvalue weighted by atomic mass is 9.73. The number of nitrogens with one attached hydrogen (secondary N) is 1. The van der Waals surface area contributed by atoms with Crippen LogP contribution >= 0.6 is 11.6 Å². The molecule has 4 aromatic rings.